The first kappa shape index (κ1) is 12.9. The van der Waals surface area contributed by atoms with Crippen molar-refractivity contribution in [2.24, 2.45) is 5.73 Å². The average Bonchev–Trinajstić information content (AvgIpc) is 3.06. The van der Waals surface area contributed by atoms with Crippen molar-refractivity contribution in [2.45, 2.75) is 32.9 Å². The van der Waals surface area contributed by atoms with Crippen LogP contribution in [0.25, 0.3) is 10.9 Å². The Morgan fingerprint density at radius 2 is 2.15 bits per heavy atom. The van der Waals surface area contributed by atoms with E-state index in [9.17, 15) is 0 Å². The van der Waals surface area contributed by atoms with E-state index in [2.05, 4.69) is 32.9 Å². The molecule has 2 N–H and O–H groups in total. The van der Waals surface area contributed by atoms with Gasteiger partial charge in [0, 0.05) is 24.2 Å². The molecule has 1 aromatic carbocycles. The molecule has 0 saturated carbocycles. The molecular weight excluding hydrogens is 252 g/mol. The number of fused-ring (bicyclic) bond motifs is 1. The first-order valence-electron chi connectivity index (χ1n) is 6.77. The summed E-state index contributed by atoms with van der Waals surface area (Å²) in [6, 6.07) is 8.32. The Bertz CT molecular complexity index is 726. The van der Waals surface area contributed by atoms with Crippen molar-refractivity contribution in [1.82, 2.24) is 14.7 Å². The molecule has 0 bridgehead atoms. The number of hydrogen-bond acceptors (Lipinski definition) is 4. The van der Waals surface area contributed by atoms with E-state index < -0.39 is 0 Å². The van der Waals surface area contributed by atoms with Crippen molar-refractivity contribution in [3.05, 3.63) is 47.7 Å². The van der Waals surface area contributed by atoms with Crippen LogP contribution in [0.4, 0.5) is 0 Å². The zero-order chi connectivity index (χ0) is 14.1. The molecule has 0 fully saturated rings. The maximum absolute atomic E-state index is 5.66. The summed E-state index contributed by atoms with van der Waals surface area (Å²) in [5, 5.41) is 5.17. The monoisotopic (exact) mass is 270 g/mol. The van der Waals surface area contributed by atoms with Crippen LogP contribution in [-0.4, -0.2) is 14.7 Å². The van der Waals surface area contributed by atoms with Crippen LogP contribution in [0.3, 0.4) is 0 Å². The second-order valence-corrected chi connectivity index (χ2v) is 5.24. The van der Waals surface area contributed by atoms with Gasteiger partial charge in [0.2, 0.25) is 5.89 Å². The summed E-state index contributed by atoms with van der Waals surface area (Å²) in [6.45, 7) is 5.25. The van der Waals surface area contributed by atoms with Crippen molar-refractivity contribution in [3.8, 4) is 0 Å². The molecule has 0 aliphatic heterocycles. The lowest BCUT2D eigenvalue weighted by molar-refractivity contribution is 0.366. The molecular formula is C15H18N4O. The highest BCUT2D eigenvalue weighted by Crippen LogP contribution is 2.19. The fourth-order valence-electron chi connectivity index (χ4n) is 2.23. The number of hydrogen-bond donors (Lipinski definition) is 1. The summed E-state index contributed by atoms with van der Waals surface area (Å²) in [6.07, 6.45) is 2.03. The molecule has 104 valence electrons. The molecule has 2 heterocycles. The third kappa shape index (κ3) is 2.32. The molecule has 0 atom stereocenters. The van der Waals surface area contributed by atoms with E-state index in [1.807, 2.05) is 26.1 Å². The zero-order valence-corrected chi connectivity index (χ0v) is 11.7. The third-order valence-corrected chi connectivity index (χ3v) is 3.38. The Hall–Kier alpha value is -2.14. The molecule has 0 aliphatic rings. The van der Waals surface area contributed by atoms with E-state index in [4.69, 9.17) is 10.3 Å². The molecule has 3 aromatic rings. The van der Waals surface area contributed by atoms with Gasteiger partial charge in [-0.15, -0.1) is 0 Å². The average molecular weight is 270 g/mol. The summed E-state index contributed by atoms with van der Waals surface area (Å²) >= 11 is 0. The summed E-state index contributed by atoms with van der Waals surface area (Å²) in [5.41, 5.74) is 7.94. The van der Waals surface area contributed by atoms with Crippen LogP contribution < -0.4 is 5.73 Å². The van der Waals surface area contributed by atoms with Gasteiger partial charge in [-0.1, -0.05) is 25.1 Å². The molecule has 0 unspecified atom stereocenters. The third-order valence-electron chi connectivity index (χ3n) is 3.38. The van der Waals surface area contributed by atoms with Crippen LogP contribution >= 0.6 is 0 Å². The molecule has 0 saturated heterocycles. The first-order chi connectivity index (χ1) is 9.67. The van der Waals surface area contributed by atoms with Gasteiger partial charge in [-0.05, 0) is 29.1 Å². The largest absolute Gasteiger partial charge is 0.338 e. The molecule has 5 heteroatoms. The van der Waals surface area contributed by atoms with E-state index in [1.165, 1.54) is 5.39 Å². The topological polar surface area (TPSA) is 69.9 Å². The Balaban J connectivity index is 1.90. The highest BCUT2D eigenvalue weighted by molar-refractivity contribution is 5.80. The maximum atomic E-state index is 5.66. The fourth-order valence-corrected chi connectivity index (χ4v) is 2.23. The summed E-state index contributed by atoms with van der Waals surface area (Å²) in [4.78, 5) is 4.41. The lowest BCUT2D eigenvalue weighted by Crippen LogP contribution is -2.00. The number of benzene rings is 1. The van der Waals surface area contributed by atoms with Crippen molar-refractivity contribution < 1.29 is 4.52 Å². The smallest absolute Gasteiger partial charge is 0.246 e. The standard InChI is InChI=1S/C15H18N4O/c1-10(2)15-17-14(20-18-15)9-19-6-5-12-7-11(8-16)3-4-13(12)19/h3-7,10H,8-9,16H2,1-2H3. The zero-order valence-electron chi connectivity index (χ0n) is 11.7. The quantitative estimate of drug-likeness (QED) is 0.791. The van der Waals surface area contributed by atoms with Crippen LogP contribution in [-0.2, 0) is 13.1 Å². The minimum atomic E-state index is 0.279. The highest BCUT2D eigenvalue weighted by atomic mass is 16.5. The highest BCUT2D eigenvalue weighted by Gasteiger charge is 2.11. The van der Waals surface area contributed by atoms with Gasteiger partial charge in [-0.2, -0.15) is 4.98 Å². The SMILES string of the molecule is CC(C)c1noc(Cn2ccc3cc(CN)ccc32)n1. The lowest BCUT2D eigenvalue weighted by Gasteiger charge is -2.02. The van der Waals surface area contributed by atoms with Crippen molar-refractivity contribution in [2.75, 3.05) is 0 Å². The van der Waals surface area contributed by atoms with Crippen LogP contribution in [0.2, 0.25) is 0 Å². The van der Waals surface area contributed by atoms with E-state index >= 15 is 0 Å². The van der Waals surface area contributed by atoms with Crippen LogP contribution in [0.1, 0.15) is 37.0 Å². The summed E-state index contributed by atoms with van der Waals surface area (Å²) < 4.78 is 7.40. The van der Waals surface area contributed by atoms with Gasteiger partial charge < -0.3 is 14.8 Å². The van der Waals surface area contributed by atoms with Gasteiger partial charge in [0.1, 0.15) is 6.54 Å². The van der Waals surface area contributed by atoms with Gasteiger partial charge in [0.05, 0.1) is 0 Å². The second-order valence-electron chi connectivity index (χ2n) is 5.24. The van der Waals surface area contributed by atoms with Gasteiger partial charge in [0.25, 0.3) is 0 Å². The Morgan fingerprint density at radius 1 is 1.30 bits per heavy atom. The van der Waals surface area contributed by atoms with E-state index in [0.29, 0.717) is 19.0 Å². The van der Waals surface area contributed by atoms with E-state index in [-0.39, 0.29) is 5.92 Å². The van der Waals surface area contributed by atoms with Crippen molar-refractivity contribution >= 4 is 10.9 Å². The summed E-state index contributed by atoms with van der Waals surface area (Å²) in [5.74, 6) is 1.66. The normalized spacial score (nSPS) is 11.6. The van der Waals surface area contributed by atoms with Crippen molar-refractivity contribution in [3.63, 3.8) is 0 Å². The minimum Gasteiger partial charge on any atom is -0.338 e. The van der Waals surface area contributed by atoms with Crippen LogP contribution in [0.15, 0.2) is 35.0 Å². The Labute approximate surface area is 117 Å². The lowest BCUT2D eigenvalue weighted by atomic mass is 10.1. The minimum absolute atomic E-state index is 0.279. The fraction of sp³-hybridized carbons (Fsp3) is 0.333. The predicted molar refractivity (Wildman–Crippen MR) is 77.3 cm³/mol. The first-order valence-corrected chi connectivity index (χ1v) is 6.77. The van der Waals surface area contributed by atoms with Crippen LogP contribution in [0.5, 0.6) is 0 Å². The maximum Gasteiger partial charge on any atom is 0.246 e. The Morgan fingerprint density at radius 3 is 2.85 bits per heavy atom. The van der Waals surface area contributed by atoms with E-state index in [1.54, 1.807) is 0 Å². The number of rotatable bonds is 4. The molecule has 0 aliphatic carbocycles. The molecule has 0 spiro atoms. The van der Waals surface area contributed by atoms with E-state index in [0.717, 1.165) is 16.9 Å². The molecule has 0 amide bonds. The summed E-state index contributed by atoms with van der Waals surface area (Å²) in [7, 11) is 0. The molecule has 20 heavy (non-hydrogen) atoms. The predicted octanol–water partition coefficient (Wildman–Crippen LogP) is 2.65. The van der Waals surface area contributed by atoms with Gasteiger partial charge in [-0.3, -0.25) is 0 Å². The number of nitrogens with zero attached hydrogens (tertiary/aromatic N) is 3. The van der Waals surface area contributed by atoms with Gasteiger partial charge in [-0.25, -0.2) is 0 Å². The molecule has 5 nitrogen and oxygen atoms in total. The second kappa shape index (κ2) is 5.09. The van der Waals surface area contributed by atoms with Crippen LogP contribution in [0, 0.1) is 0 Å². The molecule has 2 aromatic heterocycles. The van der Waals surface area contributed by atoms with Crippen molar-refractivity contribution in [1.29, 1.82) is 0 Å². The number of aromatic nitrogens is 3. The van der Waals surface area contributed by atoms with Gasteiger partial charge in [0.15, 0.2) is 5.82 Å². The number of nitrogens with two attached hydrogens (primary N) is 1. The molecule has 3 rings (SSSR count). The Kier molecular flexibility index (Phi) is 3.28. The molecule has 0 radical (unpaired) electrons. The van der Waals surface area contributed by atoms with Gasteiger partial charge >= 0.3 is 0 Å².